The van der Waals surface area contributed by atoms with Crippen molar-refractivity contribution >= 4 is 5.91 Å². The lowest BCUT2D eigenvalue weighted by Gasteiger charge is -2.32. The maximum Gasteiger partial charge on any atom is 0.347 e. The van der Waals surface area contributed by atoms with Gasteiger partial charge in [-0.25, -0.2) is 19.4 Å². The van der Waals surface area contributed by atoms with Gasteiger partial charge in [0.05, 0.1) is 12.3 Å². The summed E-state index contributed by atoms with van der Waals surface area (Å²) in [4.78, 5) is 31.4. The molecule has 3 heterocycles. The number of pyridine rings is 1. The van der Waals surface area contributed by atoms with Gasteiger partial charge in [0.15, 0.2) is 0 Å². The zero-order chi connectivity index (χ0) is 21.8. The Bertz CT molecular complexity index is 1110. The molecule has 0 saturated carbocycles. The number of nitrogens with zero attached hydrogens (tertiary/aromatic N) is 4. The number of aryl methyl sites for hydroxylation is 1. The van der Waals surface area contributed by atoms with E-state index in [4.69, 9.17) is 4.74 Å². The number of carbonyl (C=O) groups excluding carboxylic acids is 1. The van der Waals surface area contributed by atoms with Gasteiger partial charge in [-0.3, -0.25) is 4.79 Å². The number of nitrogens with one attached hydrogen (secondary N) is 1. The first kappa shape index (κ1) is 20.8. The molecule has 1 saturated heterocycles. The number of hydrogen-bond donors (Lipinski definition) is 1. The van der Waals surface area contributed by atoms with Gasteiger partial charge in [-0.15, -0.1) is 0 Å². The Balaban J connectivity index is 1.44. The van der Waals surface area contributed by atoms with Crippen molar-refractivity contribution < 1.29 is 9.53 Å². The minimum Gasteiger partial charge on any atom is -0.477 e. The predicted octanol–water partition coefficient (Wildman–Crippen LogP) is 2.76. The SMILES string of the molecule is CCOc1ncccc1C(=O)N1CCC(Cc2n[nH]c(=O)n2-c2ccccc2C)CC1. The van der Waals surface area contributed by atoms with Crippen LogP contribution in [0.2, 0.25) is 0 Å². The minimum absolute atomic E-state index is 0.0495. The van der Waals surface area contributed by atoms with E-state index in [1.165, 1.54) is 0 Å². The zero-order valence-corrected chi connectivity index (χ0v) is 17.9. The molecule has 162 valence electrons. The molecule has 3 aromatic rings. The molecule has 0 unspecified atom stereocenters. The molecule has 1 amide bonds. The average Bonchev–Trinajstić information content (AvgIpc) is 3.14. The summed E-state index contributed by atoms with van der Waals surface area (Å²) in [5.74, 6) is 1.42. The van der Waals surface area contributed by atoms with Crippen LogP contribution in [0.4, 0.5) is 0 Å². The van der Waals surface area contributed by atoms with E-state index >= 15 is 0 Å². The van der Waals surface area contributed by atoms with Crippen LogP contribution in [0, 0.1) is 12.8 Å². The van der Waals surface area contributed by atoms with Crippen LogP contribution in [0.1, 0.15) is 41.5 Å². The topological polar surface area (TPSA) is 93.1 Å². The van der Waals surface area contributed by atoms with E-state index in [2.05, 4.69) is 15.2 Å². The summed E-state index contributed by atoms with van der Waals surface area (Å²) >= 11 is 0. The molecular weight excluding hydrogens is 394 g/mol. The number of rotatable bonds is 6. The second-order valence-electron chi connectivity index (χ2n) is 7.80. The third-order valence-corrected chi connectivity index (χ3v) is 5.75. The fourth-order valence-electron chi connectivity index (χ4n) is 4.10. The summed E-state index contributed by atoms with van der Waals surface area (Å²) < 4.78 is 7.18. The van der Waals surface area contributed by atoms with E-state index in [-0.39, 0.29) is 11.6 Å². The summed E-state index contributed by atoms with van der Waals surface area (Å²) in [6.45, 7) is 5.63. The quantitative estimate of drug-likeness (QED) is 0.661. The average molecular weight is 422 g/mol. The lowest BCUT2D eigenvalue weighted by Crippen LogP contribution is -2.39. The van der Waals surface area contributed by atoms with Crippen molar-refractivity contribution in [3.63, 3.8) is 0 Å². The summed E-state index contributed by atoms with van der Waals surface area (Å²) in [5, 5.41) is 6.87. The highest BCUT2D eigenvalue weighted by Crippen LogP contribution is 2.25. The smallest absolute Gasteiger partial charge is 0.347 e. The molecule has 4 rings (SSSR count). The van der Waals surface area contributed by atoms with Crippen molar-refractivity contribution in [3.05, 3.63) is 70.0 Å². The van der Waals surface area contributed by atoms with Crippen molar-refractivity contribution in [2.75, 3.05) is 19.7 Å². The first-order valence-corrected chi connectivity index (χ1v) is 10.7. The molecule has 8 heteroatoms. The number of ether oxygens (including phenoxy) is 1. The number of amides is 1. The maximum absolute atomic E-state index is 13.0. The van der Waals surface area contributed by atoms with Crippen LogP contribution in [0.15, 0.2) is 47.4 Å². The Morgan fingerprint density at radius 2 is 1.97 bits per heavy atom. The van der Waals surface area contributed by atoms with Gasteiger partial charge in [0.25, 0.3) is 5.91 Å². The van der Waals surface area contributed by atoms with Gasteiger partial charge in [-0.2, -0.15) is 5.10 Å². The molecule has 0 bridgehead atoms. The van der Waals surface area contributed by atoms with E-state index < -0.39 is 0 Å². The molecule has 0 atom stereocenters. The highest BCUT2D eigenvalue weighted by atomic mass is 16.5. The molecule has 8 nitrogen and oxygen atoms in total. The van der Waals surface area contributed by atoms with E-state index in [0.29, 0.717) is 43.5 Å². The van der Waals surface area contributed by atoms with Gasteiger partial charge in [0, 0.05) is 25.7 Å². The van der Waals surface area contributed by atoms with Crippen LogP contribution in [-0.2, 0) is 6.42 Å². The summed E-state index contributed by atoms with van der Waals surface area (Å²) in [7, 11) is 0. The summed E-state index contributed by atoms with van der Waals surface area (Å²) in [6.07, 6.45) is 4.02. The molecule has 0 aliphatic carbocycles. The molecule has 1 N–H and O–H groups in total. The molecule has 1 aliphatic heterocycles. The van der Waals surface area contributed by atoms with Crippen molar-refractivity contribution in [3.8, 4) is 11.6 Å². The third kappa shape index (κ3) is 4.38. The van der Waals surface area contributed by atoms with Gasteiger partial charge >= 0.3 is 5.69 Å². The fourth-order valence-corrected chi connectivity index (χ4v) is 4.10. The molecule has 31 heavy (non-hydrogen) atoms. The second-order valence-corrected chi connectivity index (χ2v) is 7.80. The van der Waals surface area contributed by atoms with Gasteiger partial charge in [0.1, 0.15) is 11.4 Å². The van der Waals surface area contributed by atoms with Crippen LogP contribution in [0.5, 0.6) is 5.88 Å². The number of likely N-dealkylation sites (tertiary alicyclic amines) is 1. The number of aromatic nitrogens is 4. The Hall–Kier alpha value is -3.42. The molecule has 0 spiro atoms. The Morgan fingerprint density at radius 1 is 1.19 bits per heavy atom. The maximum atomic E-state index is 13.0. The number of aromatic amines is 1. The highest BCUT2D eigenvalue weighted by Gasteiger charge is 2.27. The molecule has 2 aromatic heterocycles. The number of para-hydroxylation sites is 1. The third-order valence-electron chi connectivity index (χ3n) is 5.75. The Morgan fingerprint density at radius 3 is 2.71 bits per heavy atom. The van der Waals surface area contributed by atoms with E-state index in [1.54, 1.807) is 22.9 Å². The van der Waals surface area contributed by atoms with Gasteiger partial charge in [-0.1, -0.05) is 18.2 Å². The number of piperidine rings is 1. The number of carbonyl (C=O) groups is 1. The fraction of sp³-hybridized carbons (Fsp3) is 0.391. The first-order chi connectivity index (χ1) is 15.1. The van der Waals surface area contributed by atoms with Crippen molar-refractivity contribution in [1.82, 2.24) is 24.6 Å². The number of benzene rings is 1. The minimum atomic E-state index is -0.225. The summed E-state index contributed by atoms with van der Waals surface area (Å²) in [6, 6.07) is 11.3. The molecular formula is C23H27N5O3. The molecule has 1 fully saturated rings. The highest BCUT2D eigenvalue weighted by molar-refractivity contribution is 5.96. The molecule has 1 aromatic carbocycles. The lowest BCUT2D eigenvalue weighted by atomic mass is 9.92. The van der Waals surface area contributed by atoms with E-state index in [0.717, 1.165) is 29.9 Å². The molecule has 0 radical (unpaired) electrons. The van der Waals surface area contributed by atoms with Crippen LogP contribution in [0.3, 0.4) is 0 Å². The van der Waals surface area contributed by atoms with Crippen molar-refractivity contribution in [1.29, 1.82) is 0 Å². The van der Waals surface area contributed by atoms with Crippen molar-refractivity contribution in [2.45, 2.75) is 33.1 Å². The largest absolute Gasteiger partial charge is 0.477 e. The monoisotopic (exact) mass is 421 g/mol. The van der Waals surface area contributed by atoms with Crippen molar-refractivity contribution in [2.24, 2.45) is 5.92 Å². The summed E-state index contributed by atoms with van der Waals surface area (Å²) in [5.41, 5.74) is 2.15. The van der Waals surface area contributed by atoms with E-state index in [9.17, 15) is 9.59 Å². The first-order valence-electron chi connectivity index (χ1n) is 10.7. The van der Waals surface area contributed by atoms with Crippen LogP contribution in [0.25, 0.3) is 5.69 Å². The number of H-pyrrole nitrogens is 1. The van der Waals surface area contributed by atoms with E-state index in [1.807, 2.05) is 43.0 Å². The van der Waals surface area contributed by atoms with Crippen LogP contribution < -0.4 is 10.4 Å². The van der Waals surface area contributed by atoms with Crippen LogP contribution in [-0.4, -0.2) is 50.3 Å². The predicted molar refractivity (Wildman–Crippen MR) is 117 cm³/mol. The Kier molecular flexibility index (Phi) is 6.16. The van der Waals surface area contributed by atoms with Gasteiger partial charge in [0.2, 0.25) is 5.88 Å². The second kappa shape index (κ2) is 9.16. The zero-order valence-electron chi connectivity index (χ0n) is 17.9. The molecule has 1 aliphatic rings. The standard InChI is InChI=1S/C23H27N5O3/c1-3-31-21-18(8-6-12-24-21)22(29)27-13-10-17(11-14-27)15-20-25-26-23(30)28(20)19-9-5-4-7-16(19)2/h4-9,12,17H,3,10-11,13-15H2,1-2H3,(H,26,30). The van der Waals surface area contributed by atoms with Gasteiger partial charge < -0.3 is 9.64 Å². The Labute approximate surface area is 180 Å². The lowest BCUT2D eigenvalue weighted by molar-refractivity contribution is 0.0684. The number of hydrogen-bond acceptors (Lipinski definition) is 5. The normalized spacial score (nSPS) is 14.6. The van der Waals surface area contributed by atoms with Gasteiger partial charge in [-0.05, 0) is 56.4 Å². The van der Waals surface area contributed by atoms with Crippen LogP contribution >= 0.6 is 0 Å².